The van der Waals surface area contributed by atoms with Crippen molar-refractivity contribution in [2.45, 2.75) is 57.4 Å². The number of nitrogens with one attached hydrogen (secondary N) is 2. The van der Waals surface area contributed by atoms with E-state index < -0.39 is 10.0 Å². The number of anilines is 1. The summed E-state index contributed by atoms with van der Waals surface area (Å²) in [5, 5.41) is 2.98. The van der Waals surface area contributed by atoms with Crippen LogP contribution in [-0.4, -0.2) is 26.0 Å². The van der Waals surface area contributed by atoms with E-state index in [4.69, 9.17) is 0 Å². The van der Waals surface area contributed by atoms with Crippen LogP contribution in [-0.2, 0) is 10.0 Å². The van der Waals surface area contributed by atoms with Gasteiger partial charge in [-0.2, -0.15) is 0 Å². The maximum atomic E-state index is 12.5. The van der Waals surface area contributed by atoms with Gasteiger partial charge >= 0.3 is 0 Å². The van der Waals surface area contributed by atoms with E-state index in [9.17, 15) is 8.42 Å². The van der Waals surface area contributed by atoms with Gasteiger partial charge in [-0.25, -0.2) is 18.1 Å². The molecule has 0 aromatic carbocycles. The molecular formula is C14H24BrN3O2S. The number of aromatic nitrogens is 1. The van der Waals surface area contributed by atoms with E-state index in [0.29, 0.717) is 16.8 Å². The van der Waals surface area contributed by atoms with Crippen molar-refractivity contribution >= 4 is 31.8 Å². The van der Waals surface area contributed by atoms with Crippen LogP contribution in [0, 0.1) is 0 Å². The topological polar surface area (TPSA) is 71.1 Å². The lowest BCUT2D eigenvalue weighted by Gasteiger charge is -2.16. The Labute approximate surface area is 136 Å². The number of pyridine rings is 1. The fourth-order valence-corrected chi connectivity index (χ4v) is 3.93. The summed E-state index contributed by atoms with van der Waals surface area (Å²) in [7, 11) is -3.58. The van der Waals surface area contributed by atoms with E-state index in [0.717, 1.165) is 25.7 Å². The van der Waals surface area contributed by atoms with Gasteiger partial charge in [0, 0.05) is 23.3 Å². The number of unbranched alkanes of at least 4 members (excludes halogenated alkanes) is 2. The molecule has 1 atom stereocenters. The smallest absolute Gasteiger partial charge is 0.244 e. The molecule has 0 spiro atoms. The van der Waals surface area contributed by atoms with Crippen LogP contribution in [0.1, 0.15) is 46.5 Å². The highest BCUT2D eigenvalue weighted by Gasteiger charge is 2.22. The minimum Gasteiger partial charge on any atom is -0.369 e. The van der Waals surface area contributed by atoms with E-state index in [1.165, 1.54) is 0 Å². The van der Waals surface area contributed by atoms with Crippen molar-refractivity contribution in [1.29, 1.82) is 0 Å². The third-order valence-corrected chi connectivity index (χ3v) is 5.09. The van der Waals surface area contributed by atoms with Gasteiger partial charge < -0.3 is 5.32 Å². The first-order valence-corrected chi connectivity index (χ1v) is 9.60. The summed E-state index contributed by atoms with van der Waals surface area (Å²) < 4.78 is 28.4. The second kappa shape index (κ2) is 8.70. The average molecular weight is 378 g/mol. The molecule has 0 fully saturated rings. The van der Waals surface area contributed by atoms with Crippen LogP contribution < -0.4 is 10.0 Å². The predicted octanol–water partition coefficient (Wildman–Crippen LogP) is 3.52. The minimum atomic E-state index is -3.58. The quantitative estimate of drug-likeness (QED) is 0.645. The van der Waals surface area contributed by atoms with Crippen LogP contribution in [0.15, 0.2) is 21.6 Å². The molecule has 0 saturated carbocycles. The highest BCUT2D eigenvalue weighted by atomic mass is 79.9. The number of rotatable bonds is 9. The molecular weight excluding hydrogens is 354 g/mol. The van der Waals surface area contributed by atoms with Gasteiger partial charge in [0.25, 0.3) is 0 Å². The lowest BCUT2D eigenvalue weighted by atomic mass is 10.1. The third-order valence-electron chi connectivity index (χ3n) is 3.05. The van der Waals surface area contributed by atoms with E-state index in [-0.39, 0.29) is 10.9 Å². The zero-order valence-corrected chi connectivity index (χ0v) is 15.2. The van der Waals surface area contributed by atoms with Gasteiger partial charge in [0.1, 0.15) is 10.7 Å². The Balaban J connectivity index is 2.89. The zero-order valence-electron chi connectivity index (χ0n) is 12.8. The number of nitrogens with zero attached hydrogens (tertiary/aromatic N) is 1. The fourth-order valence-electron chi connectivity index (χ4n) is 2.01. The molecule has 0 aliphatic rings. The fraction of sp³-hybridized carbons (Fsp3) is 0.643. The number of sulfonamides is 1. The molecule has 2 N–H and O–H groups in total. The molecule has 0 saturated heterocycles. The maximum absolute atomic E-state index is 12.5. The monoisotopic (exact) mass is 377 g/mol. The summed E-state index contributed by atoms with van der Waals surface area (Å²) in [5.41, 5.74) is 0. The Morgan fingerprint density at radius 1 is 1.33 bits per heavy atom. The molecule has 7 heteroatoms. The average Bonchev–Trinajstić information content (AvgIpc) is 2.40. The van der Waals surface area contributed by atoms with Crippen molar-refractivity contribution in [2.24, 2.45) is 0 Å². The summed E-state index contributed by atoms with van der Waals surface area (Å²) in [5.74, 6) is 0.383. The summed E-state index contributed by atoms with van der Waals surface area (Å²) in [6.07, 6.45) is 5.69. The lowest BCUT2D eigenvalue weighted by molar-refractivity contribution is 0.527. The maximum Gasteiger partial charge on any atom is 0.244 e. The molecule has 1 heterocycles. The van der Waals surface area contributed by atoms with Gasteiger partial charge in [0.15, 0.2) is 0 Å². The number of hydrogen-bond donors (Lipinski definition) is 2. The lowest BCUT2D eigenvalue weighted by Crippen LogP contribution is -2.33. The van der Waals surface area contributed by atoms with Gasteiger partial charge in [-0.05, 0) is 42.3 Å². The van der Waals surface area contributed by atoms with Gasteiger partial charge in [-0.15, -0.1) is 0 Å². The molecule has 1 aromatic rings. The van der Waals surface area contributed by atoms with Crippen molar-refractivity contribution in [3.05, 3.63) is 16.7 Å². The van der Waals surface area contributed by atoms with Gasteiger partial charge in [-0.3, -0.25) is 0 Å². The molecule has 1 unspecified atom stereocenters. The minimum absolute atomic E-state index is 0.0880. The number of hydrogen-bond acceptors (Lipinski definition) is 4. The van der Waals surface area contributed by atoms with Crippen LogP contribution in [0.2, 0.25) is 0 Å². The molecule has 0 bridgehead atoms. The van der Waals surface area contributed by atoms with E-state index >= 15 is 0 Å². The second-order valence-corrected chi connectivity index (χ2v) is 7.65. The Bertz CT molecular complexity index is 549. The normalized spacial score (nSPS) is 13.1. The first-order valence-electron chi connectivity index (χ1n) is 7.32. The summed E-state index contributed by atoms with van der Waals surface area (Å²) in [4.78, 5) is 4.32. The van der Waals surface area contributed by atoms with Gasteiger partial charge in [0.2, 0.25) is 10.0 Å². The van der Waals surface area contributed by atoms with Crippen LogP contribution in [0.25, 0.3) is 0 Å². The SMILES string of the molecule is CCCCCC(C)NS(=O)(=O)c1cc(Br)cnc1NCC. The van der Waals surface area contributed by atoms with E-state index in [2.05, 4.69) is 37.9 Å². The molecule has 0 aliphatic carbocycles. The van der Waals surface area contributed by atoms with Crippen LogP contribution in [0.5, 0.6) is 0 Å². The molecule has 0 amide bonds. The van der Waals surface area contributed by atoms with Crippen molar-refractivity contribution < 1.29 is 8.42 Å². The summed E-state index contributed by atoms with van der Waals surface area (Å²) in [6, 6.07) is 1.49. The molecule has 1 rings (SSSR count). The molecule has 1 aromatic heterocycles. The molecule has 5 nitrogen and oxygen atoms in total. The Hall–Kier alpha value is -0.660. The summed E-state index contributed by atoms with van der Waals surface area (Å²) >= 11 is 3.27. The highest BCUT2D eigenvalue weighted by molar-refractivity contribution is 9.10. The first kappa shape index (κ1) is 18.4. The van der Waals surface area contributed by atoms with Crippen molar-refractivity contribution in [3.8, 4) is 0 Å². The largest absolute Gasteiger partial charge is 0.369 e. The highest BCUT2D eigenvalue weighted by Crippen LogP contribution is 2.23. The van der Waals surface area contributed by atoms with E-state index in [1.807, 2.05) is 13.8 Å². The van der Waals surface area contributed by atoms with Crippen LogP contribution in [0.4, 0.5) is 5.82 Å². The van der Waals surface area contributed by atoms with E-state index in [1.54, 1.807) is 12.3 Å². The van der Waals surface area contributed by atoms with Gasteiger partial charge in [0.05, 0.1) is 0 Å². The van der Waals surface area contributed by atoms with Crippen molar-refractivity contribution in [3.63, 3.8) is 0 Å². The van der Waals surface area contributed by atoms with Crippen LogP contribution in [0.3, 0.4) is 0 Å². The summed E-state index contributed by atoms with van der Waals surface area (Å²) in [6.45, 7) is 6.54. The molecule has 120 valence electrons. The van der Waals surface area contributed by atoms with Crippen molar-refractivity contribution in [2.75, 3.05) is 11.9 Å². The Kier molecular flexibility index (Phi) is 7.62. The zero-order chi connectivity index (χ0) is 15.9. The Morgan fingerprint density at radius 2 is 2.05 bits per heavy atom. The Morgan fingerprint density at radius 3 is 2.67 bits per heavy atom. The predicted molar refractivity (Wildman–Crippen MR) is 90.0 cm³/mol. The molecule has 0 radical (unpaired) electrons. The van der Waals surface area contributed by atoms with Gasteiger partial charge in [-0.1, -0.05) is 26.2 Å². The molecule has 21 heavy (non-hydrogen) atoms. The standard InChI is InChI=1S/C14H24BrN3O2S/c1-4-6-7-8-11(3)18-21(19,20)13-9-12(15)10-17-14(13)16-5-2/h9-11,18H,4-8H2,1-3H3,(H,16,17). The van der Waals surface area contributed by atoms with Crippen LogP contribution >= 0.6 is 15.9 Å². The van der Waals surface area contributed by atoms with Crippen molar-refractivity contribution in [1.82, 2.24) is 9.71 Å². The molecule has 0 aliphatic heterocycles. The number of halogens is 1. The third kappa shape index (κ3) is 5.92. The first-order chi connectivity index (χ1) is 9.90. The second-order valence-electron chi connectivity index (χ2n) is 5.05.